The molecule has 0 saturated carbocycles. The number of benzene rings is 1. The number of hydrogen-bond donors (Lipinski definition) is 1. The van der Waals surface area contributed by atoms with Crippen LogP contribution in [0.5, 0.6) is 0 Å². The molecule has 0 aliphatic carbocycles. The number of piperazine rings is 1. The molecule has 0 radical (unpaired) electrons. The summed E-state index contributed by atoms with van der Waals surface area (Å²) in [5.74, 6) is 0.867. The number of nitrogens with one attached hydrogen (secondary N) is 1. The zero-order valence-electron chi connectivity index (χ0n) is 12.0. The maximum Gasteiger partial charge on any atom is 0.176 e. The number of Topliss-reactive ketones (excluding diaryl/α,β-unsaturated/α-hetero) is 1. The fourth-order valence-electron chi connectivity index (χ4n) is 2.51. The van der Waals surface area contributed by atoms with E-state index in [0.29, 0.717) is 12.5 Å². The summed E-state index contributed by atoms with van der Waals surface area (Å²) in [5, 5.41) is 3.31. The Kier molecular flexibility index (Phi) is 5.11. The Bertz CT molecular complexity index is 423. The molecule has 0 spiro atoms. The first-order valence-corrected chi connectivity index (χ1v) is 7.20. The average Bonchev–Trinajstić information content (AvgIpc) is 2.39. The van der Waals surface area contributed by atoms with Gasteiger partial charge in [-0.05, 0) is 24.0 Å². The summed E-state index contributed by atoms with van der Waals surface area (Å²) in [6.45, 7) is 8.87. The van der Waals surface area contributed by atoms with Gasteiger partial charge in [-0.1, -0.05) is 32.0 Å². The quantitative estimate of drug-likeness (QED) is 0.822. The number of ketones is 1. The summed E-state index contributed by atoms with van der Waals surface area (Å²) < 4.78 is 0. The van der Waals surface area contributed by atoms with Crippen LogP contribution in [0.1, 0.15) is 29.8 Å². The second-order valence-electron chi connectivity index (χ2n) is 5.75. The van der Waals surface area contributed by atoms with E-state index in [1.807, 2.05) is 12.1 Å². The summed E-state index contributed by atoms with van der Waals surface area (Å²) >= 11 is 0. The van der Waals surface area contributed by atoms with Crippen molar-refractivity contribution in [2.45, 2.75) is 20.3 Å². The van der Waals surface area contributed by atoms with E-state index in [0.717, 1.165) is 38.2 Å². The number of nitrogens with zero attached hydrogens (tertiary/aromatic N) is 1. The monoisotopic (exact) mass is 260 g/mol. The lowest BCUT2D eigenvalue weighted by Crippen LogP contribution is -2.45. The largest absolute Gasteiger partial charge is 0.314 e. The zero-order chi connectivity index (χ0) is 13.7. The molecule has 3 heteroatoms. The van der Waals surface area contributed by atoms with Crippen molar-refractivity contribution in [1.29, 1.82) is 0 Å². The molecule has 0 unspecified atom stereocenters. The van der Waals surface area contributed by atoms with Gasteiger partial charge in [-0.3, -0.25) is 9.69 Å². The zero-order valence-corrected chi connectivity index (χ0v) is 12.0. The van der Waals surface area contributed by atoms with Crippen LogP contribution < -0.4 is 5.32 Å². The fraction of sp³-hybridized carbons (Fsp3) is 0.562. The van der Waals surface area contributed by atoms with Gasteiger partial charge in [0.15, 0.2) is 5.78 Å². The minimum atomic E-state index is 0.243. The smallest absolute Gasteiger partial charge is 0.176 e. The number of carbonyl (C=O) groups excluding carboxylic acids is 1. The Morgan fingerprint density at radius 3 is 2.74 bits per heavy atom. The standard InChI is InChI=1S/C16H24N2O/c1-13(2)10-14-4-3-5-15(11-14)16(19)12-18-8-6-17-7-9-18/h3-5,11,13,17H,6-10,12H2,1-2H3. The highest BCUT2D eigenvalue weighted by Gasteiger charge is 2.15. The second-order valence-corrected chi connectivity index (χ2v) is 5.75. The van der Waals surface area contributed by atoms with Crippen molar-refractivity contribution >= 4 is 5.78 Å². The molecule has 1 saturated heterocycles. The Labute approximate surface area is 116 Å². The van der Waals surface area contributed by atoms with Crippen LogP contribution in [0.3, 0.4) is 0 Å². The van der Waals surface area contributed by atoms with Crippen LogP contribution in [0.25, 0.3) is 0 Å². The Morgan fingerprint density at radius 2 is 2.05 bits per heavy atom. The van der Waals surface area contributed by atoms with Gasteiger partial charge in [0.05, 0.1) is 6.54 Å². The minimum Gasteiger partial charge on any atom is -0.314 e. The van der Waals surface area contributed by atoms with Crippen LogP contribution in [-0.2, 0) is 6.42 Å². The highest BCUT2D eigenvalue weighted by molar-refractivity contribution is 5.97. The molecule has 1 aliphatic rings. The molecule has 1 heterocycles. The predicted molar refractivity (Wildman–Crippen MR) is 78.6 cm³/mol. The van der Waals surface area contributed by atoms with Crippen molar-refractivity contribution in [3.05, 3.63) is 35.4 Å². The molecule has 0 aromatic heterocycles. The van der Waals surface area contributed by atoms with Gasteiger partial charge in [0.2, 0.25) is 0 Å². The van der Waals surface area contributed by atoms with Crippen molar-refractivity contribution in [3.63, 3.8) is 0 Å². The van der Waals surface area contributed by atoms with Crippen LogP contribution in [0.15, 0.2) is 24.3 Å². The van der Waals surface area contributed by atoms with Gasteiger partial charge < -0.3 is 5.32 Å². The second kappa shape index (κ2) is 6.83. The predicted octanol–water partition coefficient (Wildman–Crippen LogP) is 1.97. The van der Waals surface area contributed by atoms with Crippen LogP contribution in [0.2, 0.25) is 0 Å². The minimum absolute atomic E-state index is 0.243. The fourth-order valence-corrected chi connectivity index (χ4v) is 2.51. The van der Waals surface area contributed by atoms with Crippen LogP contribution in [0.4, 0.5) is 0 Å². The van der Waals surface area contributed by atoms with E-state index in [1.165, 1.54) is 5.56 Å². The number of rotatable bonds is 5. The lowest BCUT2D eigenvalue weighted by molar-refractivity contribution is 0.0921. The van der Waals surface area contributed by atoms with E-state index in [2.05, 4.69) is 36.2 Å². The summed E-state index contributed by atoms with van der Waals surface area (Å²) in [6.07, 6.45) is 1.04. The molecule has 1 aromatic rings. The summed E-state index contributed by atoms with van der Waals surface area (Å²) in [6, 6.07) is 8.11. The molecule has 1 N–H and O–H groups in total. The highest BCUT2D eigenvalue weighted by atomic mass is 16.1. The van der Waals surface area contributed by atoms with Crippen molar-refractivity contribution in [2.75, 3.05) is 32.7 Å². The van der Waals surface area contributed by atoms with Crippen molar-refractivity contribution < 1.29 is 4.79 Å². The molecule has 1 aliphatic heterocycles. The molecule has 3 nitrogen and oxygen atoms in total. The van der Waals surface area contributed by atoms with Crippen LogP contribution in [-0.4, -0.2) is 43.4 Å². The topological polar surface area (TPSA) is 32.3 Å². The molecule has 0 atom stereocenters. The molecule has 104 valence electrons. The Hall–Kier alpha value is -1.19. The van der Waals surface area contributed by atoms with Gasteiger partial charge >= 0.3 is 0 Å². The normalized spacial score (nSPS) is 16.8. The summed E-state index contributed by atoms with van der Waals surface area (Å²) in [7, 11) is 0. The molecular weight excluding hydrogens is 236 g/mol. The molecule has 0 bridgehead atoms. The first-order valence-electron chi connectivity index (χ1n) is 7.20. The van der Waals surface area contributed by atoms with E-state index in [4.69, 9.17) is 0 Å². The maximum absolute atomic E-state index is 12.3. The van der Waals surface area contributed by atoms with Gasteiger partial charge in [-0.2, -0.15) is 0 Å². The molecule has 2 rings (SSSR count). The summed E-state index contributed by atoms with van der Waals surface area (Å²) in [5.41, 5.74) is 2.12. The van der Waals surface area contributed by atoms with Crippen molar-refractivity contribution in [3.8, 4) is 0 Å². The summed E-state index contributed by atoms with van der Waals surface area (Å²) in [4.78, 5) is 14.5. The van der Waals surface area contributed by atoms with Gasteiger partial charge in [0, 0.05) is 31.7 Å². The van der Waals surface area contributed by atoms with E-state index in [1.54, 1.807) is 0 Å². The Morgan fingerprint density at radius 1 is 1.32 bits per heavy atom. The first-order chi connectivity index (χ1) is 9.15. The van der Waals surface area contributed by atoms with Gasteiger partial charge in [-0.15, -0.1) is 0 Å². The molecule has 1 fully saturated rings. The third-order valence-electron chi connectivity index (χ3n) is 3.47. The number of carbonyl (C=O) groups is 1. The SMILES string of the molecule is CC(C)Cc1cccc(C(=O)CN2CCNCC2)c1. The van der Waals surface area contributed by atoms with E-state index < -0.39 is 0 Å². The third kappa shape index (κ3) is 4.44. The highest BCUT2D eigenvalue weighted by Crippen LogP contribution is 2.11. The molecular formula is C16H24N2O. The van der Waals surface area contributed by atoms with Gasteiger partial charge in [0.1, 0.15) is 0 Å². The van der Waals surface area contributed by atoms with E-state index in [-0.39, 0.29) is 5.78 Å². The van der Waals surface area contributed by atoms with Crippen molar-refractivity contribution in [1.82, 2.24) is 10.2 Å². The maximum atomic E-state index is 12.3. The lowest BCUT2D eigenvalue weighted by atomic mass is 9.99. The first kappa shape index (κ1) is 14.2. The molecule has 0 amide bonds. The average molecular weight is 260 g/mol. The molecule has 19 heavy (non-hydrogen) atoms. The Balaban J connectivity index is 1.97. The third-order valence-corrected chi connectivity index (χ3v) is 3.47. The van der Waals surface area contributed by atoms with Gasteiger partial charge in [-0.25, -0.2) is 0 Å². The van der Waals surface area contributed by atoms with Crippen LogP contribution >= 0.6 is 0 Å². The molecule has 1 aromatic carbocycles. The van der Waals surface area contributed by atoms with E-state index >= 15 is 0 Å². The lowest BCUT2D eigenvalue weighted by Gasteiger charge is -2.26. The number of hydrogen-bond acceptors (Lipinski definition) is 3. The van der Waals surface area contributed by atoms with Crippen LogP contribution in [0, 0.1) is 5.92 Å². The van der Waals surface area contributed by atoms with Gasteiger partial charge in [0.25, 0.3) is 0 Å². The van der Waals surface area contributed by atoms with Crippen molar-refractivity contribution in [2.24, 2.45) is 5.92 Å². The van der Waals surface area contributed by atoms with E-state index in [9.17, 15) is 4.79 Å².